The van der Waals surface area contributed by atoms with Crippen LogP contribution >= 0.6 is 12.2 Å². The minimum Gasteiger partial charge on any atom is -0.389 e. The second-order valence-electron chi connectivity index (χ2n) is 5.45. The van der Waals surface area contributed by atoms with Gasteiger partial charge in [0.2, 0.25) is 0 Å². The SMILES string of the molecule is CCCCN(c1nc(C)cc(C)c1C(N)=S)C(C)CC. The summed E-state index contributed by atoms with van der Waals surface area (Å²) >= 11 is 5.25. The van der Waals surface area contributed by atoms with Crippen molar-refractivity contribution in [3.05, 3.63) is 22.9 Å². The molecule has 0 aliphatic carbocycles. The van der Waals surface area contributed by atoms with Crippen molar-refractivity contribution in [2.75, 3.05) is 11.4 Å². The third kappa shape index (κ3) is 3.92. The smallest absolute Gasteiger partial charge is 0.139 e. The molecule has 0 amide bonds. The fourth-order valence-electron chi connectivity index (χ4n) is 2.41. The Morgan fingerprint density at radius 3 is 2.55 bits per heavy atom. The maximum atomic E-state index is 5.94. The Kier molecular flexibility index (Phi) is 6.40. The highest BCUT2D eigenvalue weighted by molar-refractivity contribution is 7.80. The molecular weight excluding hydrogens is 266 g/mol. The Balaban J connectivity index is 3.33. The molecule has 1 aromatic rings. The van der Waals surface area contributed by atoms with Crippen LogP contribution in [-0.2, 0) is 0 Å². The zero-order valence-corrected chi connectivity index (χ0v) is 14.2. The van der Waals surface area contributed by atoms with Crippen LogP contribution < -0.4 is 10.6 Å². The Hall–Kier alpha value is -1.16. The molecule has 112 valence electrons. The van der Waals surface area contributed by atoms with E-state index < -0.39 is 0 Å². The van der Waals surface area contributed by atoms with Crippen LogP contribution in [0.5, 0.6) is 0 Å². The highest BCUT2D eigenvalue weighted by Crippen LogP contribution is 2.25. The number of aromatic nitrogens is 1. The van der Waals surface area contributed by atoms with E-state index in [1.54, 1.807) is 0 Å². The molecule has 0 fully saturated rings. The minimum absolute atomic E-state index is 0.434. The number of hydrogen-bond donors (Lipinski definition) is 1. The van der Waals surface area contributed by atoms with Gasteiger partial charge in [-0.3, -0.25) is 0 Å². The number of thiocarbonyl (C=S) groups is 1. The molecule has 3 nitrogen and oxygen atoms in total. The standard InChI is InChI=1S/C16H27N3S/c1-6-8-9-19(13(5)7-2)16-14(15(17)20)11(3)10-12(4)18-16/h10,13H,6-9H2,1-5H3,(H2,17,20). The average molecular weight is 293 g/mol. The van der Waals surface area contributed by atoms with Crippen LogP contribution in [0.4, 0.5) is 5.82 Å². The van der Waals surface area contributed by atoms with Gasteiger partial charge in [-0.25, -0.2) is 4.98 Å². The Bertz CT molecular complexity index is 471. The van der Waals surface area contributed by atoms with Crippen LogP contribution in [0, 0.1) is 13.8 Å². The van der Waals surface area contributed by atoms with Crippen molar-refractivity contribution >= 4 is 23.0 Å². The van der Waals surface area contributed by atoms with E-state index in [1.807, 2.05) is 13.0 Å². The third-order valence-electron chi connectivity index (χ3n) is 3.72. The predicted octanol–water partition coefficient (Wildman–Crippen LogP) is 3.74. The molecule has 0 aromatic carbocycles. The van der Waals surface area contributed by atoms with Crippen molar-refractivity contribution in [1.29, 1.82) is 0 Å². The Morgan fingerprint density at radius 1 is 1.40 bits per heavy atom. The van der Waals surface area contributed by atoms with Gasteiger partial charge >= 0.3 is 0 Å². The van der Waals surface area contributed by atoms with Gasteiger partial charge < -0.3 is 10.6 Å². The summed E-state index contributed by atoms with van der Waals surface area (Å²) < 4.78 is 0. The quantitative estimate of drug-likeness (QED) is 0.778. The normalized spacial score (nSPS) is 12.2. The summed E-state index contributed by atoms with van der Waals surface area (Å²) in [6, 6.07) is 2.48. The number of nitrogens with two attached hydrogens (primary N) is 1. The second-order valence-corrected chi connectivity index (χ2v) is 5.89. The van der Waals surface area contributed by atoms with Crippen LogP contribution in [-0.4, -0.2) is 22.6 Å². The Labute approximate surface area is 128 Å². The fourth-order valence-corrected chi connectivity index (χ4v) is 2.67. The molecule has 0 radical (unpaired) electrons. The van der Waals surface area contributed by atoms with E-state index in [9.17, 15) is 0 Å². The number of pyridine rings is 1. The van der Waals surface area contributed by atoms with Crippen molar-refractivity contribution in [2.24, 2.45) is 5.73 Å². The molecule has 0 spiro atoms. The average Bonchev–Trinajstić information content (AvgIpc) is 2.37. The lowest BCUT2D eigenvalue weighted by Crippen LogP contribution is -2.36. The first-order valence-electron chi connectivity index (χ1n) is 7.47. The molecule has 0 saturated carbocycles. The minimum atomic E-state index is 0.434. The molecule has 1 aromatic heterocycles. The summed E-state index contributed by atoms with van der Waals surface area (Å²) in [6.45, 7) is 11.7. The molecule has 1 unspecified atom stereocenters. The van der Waals surface area contributed by atoms with Crippen molar-refractivity contribution in [2.45, 2.75) is 59.9 Å². The van der Waals surface area contributed by atoms with Crippen molar-refractivity contribution in [1.82, 2.24) is 4.98 Å². The van der Waals surface area contributed by atoms with Crippen LogP contribution in [0.2, 0.25) is 0 Å². The van der Waals surface area contributed by atoms with Crippen LogP contribution in [0.3, 0.4) is 0 Å². The van der Waals surface area contributed by atoms with Gasteiger partial charge in [0, 0.05) is 18.3 Å². The molecular formula is C16H27N3S. The zero-order valence-electron chi connectivity index (χ0n) is 13.4. The number of nitrogens with zero attached hydrogens (tertiary/aromatic N) is 2. The molecule has 2 N–H and O–H groups in total. The first-order valence-corrected chi connectivity index (χ1v) is 7.87. The van der Waals surface area contributed by atoms with E-state index >= 15 is 0 Å². The molecule has 0 saturated heterocycles. The fraction of sp³-hybridized carbons (Fsp3) is 0.625. The number of rotatable bonds is 7. The van der Waals surface area contributed by atoms with Crippen molar-refractivity contribution in [3.63, 3.8) is 0 Å². The lowest BCUT2D eigenvalue weighted by Gasteiger charge is -2.32. The van der Waals surface area contributed by atoms with Gasteiger partial charge in [0.05, 0.1) is 5.56 Å². The molecule has 0 aliphatic rings. The largest absolute Gasteiger partial charge is 0.389 e. The predicted molar refractivity (Wildman–Crippen MR) is 91.6 cm³/mol. The first kappa shape index (κ1) is 16.9. The monoisotopic (exact) mass is 293 g/mol. The summed E-state index contributed by atoms with van der Waals surface area (Å²) in [6.07, 6.45) is 3.39. The lowest BCUT2D eigenvalue weighted by molar-refractivity contribution is 0.588. The van der Waals surface area contributed by atoms with E-state index in [0.717, 1.165) is 42.0 Å². The summed E-state index contributed by atoms with van der Waals surface area (Å²) in [4.78, 5) is 7.53. The number of anilines is 1. The van der Waals surface area contributed by atoms with Gasteiger partial charge in [-0.05, 0) is 45.2 Å². The highest BCUT2D eigenvalue weighted by Gasteiger charge is 2.20. The molecule has 0 bridgehead atoms. The third-order valence-corrected chi connectivity index (χ3v) is 3.92. The molecule has 4 heteroatoms. The van der Waals surface area contributed by atoms with E-state index in [2.05, 4.69) is 32.6 Å². The summed E-state index contributed by atoms with van der Waals surface area (Å²) in [5.74, 6) is 0.956. The van der Waals surface area contributed by atoms with Crippen LogP contribution in [0.15, 0.2) is 6.07 Å². The highest BCUT2D eigenvalue weighted by atomic mass is 32.1. The number of hydrogen-bond acceptors (Lipinski definition) is 3. The van der Waals surface area contributed by atoms with Gasteiger partial charge in [0.25, 0.3) is 0 Å². The maximum absolute atomic E-state index is 5.94. The van der Waals surface area contributed by atoms with Gasteiger partial charge in [0.15, 0.2) is 0 Å². The first-order chi connectivity index (χ1) is 9.42. The maximum Gasteiger partial charge on any atom is 0.139 e. The lowest BCUT2D eigenvalue weighted by atomic mass is 10.1. The topological polar surface area (TPSA) is 42.2 Å². The van der Waals surface area contributed by atoms with Crippen LogP contribution in [0.1, 0.15) is 56.9 Å². The van der Waals surface area contributed by atoms with Gasteiger partial charge in [0.1, 0.15) is 10.8 Å². The van der Waals surface area contributed by atoms with Gasteiger partial charge in [-0.15, -0.1) is 0 Å². The van der Waals surface area contributed by atoms with Crippen LogP contribution in [0.25, 0.3) is 0 Å². The van der Waals surface area contributed by atoms with Crippen molar-refractivity contribution < 1.29 is 0 Å². The second kappa shape index (κ2) is 7.58. The number of aryl methyl sites for hydroxylation is 2. The van der Waals surface area contributed by atoms with E-state index in [-0.39, 0.29) is 0 Å². The van der Waals surface area contributed by atoms with Crippen molar-refractivity contribution in [3.8, 4) is 0 Å². The molecule has 0 aliphatic heterocycles. The number of unbranched alkanes of at least 4 members (excludes halogenated alkanes) is 1. The summed E-state index contributed by atoms with van der Waals surface area (Å²) in [7, 11) is 0. The molecule has 1 heterocycles. The molecule has 1 rings (SSSR count). The zero-order chi connectivity index (χ0) is 15.3. The van der Waals surface area contributed by atoms with E-state index in [1.165, 1.54) is 6.42 Å². The van der Waals surface area contributed by atoms with E-state index in [4.69, 9.17) is 22.9 Å². The van der Waals surface area contributed by atoms with E-state index in [0.29, 0.717) is 11.0 Å². The summed E-state index contributed by atoms with van der Waals surface area (Å²) in [5.41, 5.74) is 9.00. The summed E-state index contributed by atoms with van der Waals surface area (Å²) in [5, 5.41) is 0. The Morgan fingerprint density at radius 2 is 2.05 bits per heavy atom. The molecule has 20 heavy (non-hydrogen) atoms. The molecule has 1 atom stereocenters. The van der Waals surface area contributed by atoms with Gasteiger partial charge in [-0.1, -0.05) is 32.5 Å². The van der Waals surface area contributed by atoms with Gasteiger partial charge in [-0.2, -0.15) is 0 Å².